The van der Waals surface area contributed by atoms with E-state index < -0.39 is 0 Å². The summed E-state index contributed by atoms with van der Waals surface area (Å²) in [5, 5.41) is 5.57. The lowest BCUT2D eigenvalue weighted by Gasteiger charge is -2.14. The summed E-state index contributed by atoms with van der Waals surface area (Å²) in [6.07, 6.45) is 1.72. The van der Waals surface area contributed by atoms with Crippen LogP contribution in [0.5, 0.6) is 0 Å². The van der Waals surface area contributed by atoms with Crippen molar-refractivity contribution in [1.29, 1.82) is 0 Å². The van der Waals surface area contributed by atoms with Crippen molar-refractivity contribution in [2.24, 2.45) is 12.9 Å². The van der Waals surface area contributed by atoms with E-state index in [0.29, 0.717) is 0 Å². The predicted octanol–water partition coefficient (Wildman–Crippen LogP) is 1.80. The van der Waals surface area contributed by atoms with E-state index in [1.165, 1.54) is 4.88 Å². The van der Waals surface area contributed by atoms with Gasteiger partial charge in [0, 0.05) is 18.3 Å². The van der Waals surface area contributed by atoms with Crippen LogP contribution in [0.3, 0.4) is 0 Å². The van der Waals surface area contributed by atoms with Crippen LogP contribution >= 0.6 is 11.3 Å². The van der Waals surface area contributed by atoms with Crippen LogP contribution in [0.25, 0.3) is 0 Å². The van der Waals surface area contributed by atoms with Crippen molar-refractivity contribution < 1.29 is 0 Å². The summed E-state index contributed by atoms with van der Waals surface area (Å²) in [4.78, 5) is 5.84. The van der Waals surface area contributed by atoms with Gasteiger partial charge in [0.15, 0.2) is 0 Å². The molecule has 0 bridgehead atoms. The Morgan fingerprint density at radius 1 is 1.47 bits per heavy atom. The molecule has 6 heteroatoms. The van der Waals surface area contributed by atoms with Crippen molar-refractivity contribution in [2.75, 3.05) is 0 Å². The quantitative estimate of drug-likeness (QED) is 0.647. The van der Waals surface area contributed by atoms with Gasteiger partial charge < -0.3 is 0 Å². The van der Waals surface area contributed by atoms with Gasteiger partial charge in [-0.25, -0.2) is 4.98 Å². The van der Waals surface area contributed by atoms with Crippen LogP contribution in [-0.4, -0.2) is 14.8 Å². The summed E-state index contributed by atoms with van der Waals surface area (Å²) in [6, 6.07) is 2.15. The number of thiazole rings is 1. The second-order valence-electron chi connectivity index (χ2n) is 4.71. The predicted molar refractivity (Wildman–Crippen MR) is 77.9 cm³/mol. The molecule has 0 aliphatic heterocycles. The lowest BCUT2D eigenvalue weighted by molar-refractivity contribution is 0.507. The highest BCUT2D eigenvalue weighted by Crippen LogP contribution is 2.23. The molecule has 19 heavy (non-hydrogen) atoms. The zero-order valence-corrected chi connectivity index (χ0v) is 12.7. The molecule has 0 aliphatic carbocycles. The third-order valence-electron chi connectivity index (χ3n) is 3.34. The van der Waals surface area contributed by atoms with Gasteiger partial charge in [0.05, 0.1) is 28.1 Å². The molecule has 104 valence electrons. The normalized spacial score (nSPS) is 12.9. The van der Waals surface area contributed by atoms with Crippen LogP contribution in [0.2, 0.25) is 0 Å². The number of aromatic nitrogens is 3. The van der Waals surface area contributed by atoms with E-state index in [9.17, 15) is 0 Å². The number of nitrogens with two attached hydrogens (primary N) is 1. The lowest BCUT2D eigenvalue weighted by Crippen LogP contribution is -2.31. The Balaban J connectivity index is 2.21. The number of nitrogens with zero attached hydrogens (tertiary/aromatic N) is 3. The van der Waals surface area contributed by atoms with Gasteiger partial charge in [-0.2, -0.15) is 5.10 Å². The Kier molecular flexibility index (Phi) is 4.34. The fraction of sp³-hybridized carbons (Fsp3) is 0.538. The molecule has 0 fully saturated rings. The Bertz CT molecular complexity index is 538. The first kappa shape index (κ1) is 14.2. The standard InChI is InChI=1S/C13H21N5S/c1-5-10-6-12(18(4)17-10)11(16-14)7-13-15-8(2)9(3)19-13/h6,11,16H,5,7,14H2,1-4H3. The van der Waals surface area contributed by atoms with Crippen molar-refractivity contribution in [2.45, 2.75) is 39.7 Å². The van der Waals surface area contributed by atoms with Crippen molar-refractivity contribution in [1.82, 2.24) is 20.2 Å². The summed E-state index contributed by atoms with van der Waals surface area (Å²) in [6.45, 7) is 6.24. The van der Waals surface area contributed by atoms with E-state index in [-0.39, 0.29) is 6.04 Å². The third-order valence-corrected chi connectivity index (χ3v) is 4.43. The zero-order chi connectivity index (χ0) is 14.0. The average molecular weight is 279 g/mol. The van der Waals surface area contributed by atoms with Gasteiger partial charge >= 0.3 is 0 Å². The molecular weight excluding hydrogens is 258 g/mol. The molecule has 0 spiro atoms. The Labute approximate surface area is 117 Å². The fourth-order valence-electron chi connectivity index (χ4n) is 2.09. The highest BCUT2D eigenvalue weighted by molar-refractivity contribution is 7.11. The molecule has 2 heterocycles. The highest BCUT2D eigenvalue weighted by Gasteiger charge is 2.18. The molecule has 1 unspecified atom stereocenters. The molecule has 3 N–H and O–H groups in total. The molecule has 0 aliphatic rings. The van der Waals surface area contributed by atoms with E-state index >= 15 is 0 Å². The SMILES string of the molecule is CCc1cc(C(Cc2nc(C)c(C)s2)NN)n(C)n1. The van der Waals surface area contributed by atoms with E-state index in [1.54, 1.807) is 11.3 Å². The molecule has 2 aromatic rings. The molecule has 5 nitrogen and oxygen atoms in total. The van der Waals surface area contributed by atoms with E-state index in [0.717, 1.165) is 34.9 Å². The fourth-order valence-corrected chi connectivity index (χ4v) is 3.07. The van der Waals surface area contributed by atoms with Gasteiger partial charge in [-0.05, 0) is 26.3 Å². The van der Waals surface area contributed by atoms with E-state index in [2.05, 4.69) is 35.4 Å². The molecule has 0 radical (unpaired) electrons. The summed E-state index contributed by atoms with van der Waals surface area (Å²) >= 11 is 1.73. The minimum Gasteiger partial charge on any atom is -0.271 e. The lowest BCUT2D eigenvalue weighted by atomic mass is 10.1. The van der Waals surface area contributed by atoms with Gasteiger partial charge in [0.1, 0.15) is 0 Å². The van der Waals surface area contributed by atoms with Crippen molar-refractivity contribution in [3.8, 4) is 0 Å². The second kappa shape index (κ2) is 5.81. The second-order valence-corrected chi connectivity index (χ2v) is 6.00. The largest absolute Gasteiger partial charge is 0.271 e. The topological polar surface area (TPSA) is 68.8 Å². The van der Waals surface area contributed by atoms with Crippen LogP contribution in [-0.2, 0) is 19.9 Å². The van der Waals surface area contributed by atoms with Gasteiger partial charge in [-0.3, -0.25) is 16.0 Å². The molecule has 2 aromatic heterocycles. The van der Waals surface area contributed by atoms with E-state index in [1.807, 2.05) is 18.7 Å². The van der Waals surface area contributed by atoms with Crippen LogP contribution < -0.4 is 11.3 Å². The van der Waals surface area contributed by atoms with Crippen LogP contribution in [0.15, 0.2) is 6.07 Å². The summed E-state index contributed by atoms with van der Waals surface area (Å²) in [5.74, 6) is 5.70. The van der Waals surface area contributed by atoms with Crippen LogP contribution in [0.4, 0.5) is 0 Å². The van der Waals surface area contributed by atoms with Gasteiger partial charge in [0.2, 0.25) is 0 Å². The molecule has 1 atom stereocenters. The Morgan fingerprint density at radius 3 is 2.68 bits per heavy atom. The summed E-state index contributed by atoms with van der Waals surface area (Å²) in [7, 11) is 1.96. The zero-order valence-electron chi connectivity index (χ0n) is 11.9. The summed E-state index contributed by atoms with van der Waals surface area (Å²) in [5.41, 5.74) is 6.18. The van der Waals surface area contributed by atoms with Gasteiger partial charge in [0.25, 0.3) is 0 Å². The minimum atomic E-state index is 0.0442. The molecule has 0 saturated heterocycles. The Hall–Kier alpha value is -1.24. The first-order chi connectivity index (χ1) is 9.05. The van der Waals surface area contributed by atoms with Crippen LogP contribution in [0, 0.1) is 13.8 Å². The van der Waals surface area contributed by atoms with Crippen molar-refractivity contribution in [3.05, 3.63) is 33.0 Å². The number of hydrazine groups is 1. The molecule has 0 saturated carbocycles. The number of hydrogen-bond acceptors (Lipinski definition) is 5. The number of nitrogens with one attached hydrogen (secondary N) is 1. The maximum Gasteiger partial charge on any atom is 0.0950 e. The number of hydrogen-bond donors (Lipinski definition) is 2. The molecule has 0 aromatic carbocycles. The average Bonchev–Trinajstić information content (AvgIpc) is 2.90. The number of rotatable bonds is 5. The first-order valence-electron chi connectivity index (χ1n) is 6.47. The summed E-state index contributed by atoms with van der Waals surface area (Å²) < 4.78 is 1.90. The van der Waals surface area contributed by atoms with E-state index in [4.69, 9.17) is 5.84 Å². The molecule has 2 rings (SSSR count). The molecule has 0 amide bonds. The van der Waals surface area contributed by atoms with Crippen molar-refractivity contribution >= 4 is 11.3 Å². The Morgan fingerprint density at radius 2 is 2.21 bits per heavy atom. The first-order valence-corrected chi connectivity index (χ1v) is 7.28. The maximum absolute atomic E-state index is 5.70. The third kappa shape index (κ3) is 3.02. The minimum absolute atomic E-state index is 0.0442. The smallest absolute Gasteiger partial charge is 0.0950 e. The molecular formula is C13H21N5S. The van der Waals surface area contributed by atoms with Crippen molar-refractivity contribution in [3.63, 3.8) is 0 Å². The number of aryl methyl sites for hydroxylation is 4. The maximum atomic E-state index is 5.70. The highest BCUT2D eigenvalue weighted by atomic mass is 32.1. The van der Waals surface area contributed by atoms with Gasteiger partial charge in [-0.15, -0.1) is 11.3 Å². The monoisotopic (exact) mass is 279 g/mol. The van der Waals surface area contributed by atoms with Gasteiger partial charge in [-0.1, -0.05) is 6.92 Å². The van der Waals surface area contributed by atoms with Crippen LogP contribution in [0.1, 0.15) is 39.9 Å².